The molecule has 4 rings (SSSR count). The number of rotatable bonds is 6. The molecule has 3 aromatic carbocycles. The Labute approximate surface area is 170 Å². The molecule has 0 aliphatic carbocycles. The lowest BCUT2D eigenvalue weighted by atomic mass is 9.99. The van der Waals surface area contributed by atoms with Gasteiger partial charge in [0.15, 0.2) is 11.6 Å². The molecule has 1 aromatic heterocycles. The van der Waals surface area contributed by atoms with Crippen LogP contribution in [0.5, 0.6) is 0 Å². The van der Waals surface area contributed by atoms with Crippen LogP contribution in [0.25, 0.3) is 0 Å². The van der Waals surface area contributed by atoms with Crippen molar-refractivity contribution in [2.24, 2.45) is 0 Å². The molecule has 5 heteroatoms. The van der Waals surface area contributed by atoms with Crippen LogP contribution in [0, 0.1) is 6.92 Å². The van der Waals surface area contributed by atoms with Crippen LogP contribution in [0.3, 0.4) is 0 Å². The van der Waals surface area contributed by atoms with Crippen molar-refractivity contribution in [3.8, 4) is 0 Å². The van der Waals surface area contributed by atoms with Gasteiger partial charge in [-0.15, -0.1) is 0 Å². The van der Waals surface area contributed by atoms with E-state index in [0.717, 1.165) is 22.4 Å². The molecular weight excluding hydrogens is 358 g/mol. The van der Waals surface area contributed by atoms with Crippen molar-refractivity contribution in [2.75, 3.05) is 16.4 Å². The molecule has 0 saturated carbocycles. The molecule has 29 heavy (non-hydrogen) atoms. The molecule has 0 aliphatic heterocycles. The Morgan fingerprint density at radius 2 is 1.38 bits per heavy atom. The lowest BCUT2D eigenvalue weighted by molar-refractivity contribution is 0.924. The third kappa shape index (κ3) is 4.35. The van der Waals surface area contributed by atoms with Gasteiger partial charge < -0.3 is 16.4 Å². The maximum Gasteiger partial charge on any atom is 0.159 e. The van der Waals surface area contributed by atoms with Gasteiger partial charge in [-0.05, 0) is 35.7 Å². The first kappa shape index (κ1) is 18.5. The smallest absolute Gasteiger partial charge is 0.159 e. The summed E-state index contributed by atoms with van der Waals surface area (Å²) >= 11 is 0. The fraction of sp³-hybridized carbons (Fsp3) is 0.0833. The first-order valence-electron chi connectivity index (χ1n) is 9.51. The van der Waals surface area contributed by atoms with Crippen LogP contribution in [0.15, 0.2) is 91.3 Å². The number of nitrogens with zero attached hydrogens (tertiary/aromatic N) is 2. The van der Waals surface area contributed by atoms with Gasteiger partial charge in [-0.2, -0.15) is 0 Å². The number of nitrogen functional groups attached to an aromatic ring is 1. The largest absolute Gasteiger partial charge is 0.393 e. The van der Waals surface area contributed by atoms with Crippen LogP contribution < -0.4 is 16.4 Å². The highest BCUT2D eigenvalue weighted by Gasteiger charge is 2.17. The van der Waals surface area contributed by atoms with Gasteiger partial charge in [0.25, 0.3) is 0 Å². The van der Waals surface area contributed by atoms with Crippen molar-refractivity contribution in [1.29, 1.82) is 0 Å². The van der Waals surface area contributed by atoms with Crippen molar-refractivity contribution in [2.45, 2.75) is 13.0 Å². The van der Waals surface area contributed by atoms with Crippen LogP contribution in [0.2, 0.25) is 0 Å². The minimum Gasteiger partial charge on any atom is -0.393 e. The van der Waals surface area contributed by atoms with E-state index in [1.807, 2.05) is 67.6 Å². The van der Waals surface area contributed by atoms with Gasteiger partial charge in [-0.3, -0.25) is 0 Å². The minimum absolute atomic E-state index is 0.0820. The van der Waals surface area contributed by atoms with Crippen LogP contribution >= 0.6 is 0 Å². The Morgan fingerprint density at radius 3 is 2.00 bits per heavy atom. The number of hydrogen-bond donors (Lipinski definition) is 3. The number of hydrogen-bond acceptors (Lipinski definition) is 5. The van der Waals surface area contributed by atoms with E-state index in [1.54, 1.807) is 0 Å². The van der Waals surface area contributed by atoms with Gasteiger partial charge in [0.05, 0.1) is 6.04 Å². The zero-order valence-electron chi connectivity index (χ0n) is 16.2. The highest BCUT2D eigenvalue weighted by Crippen LogP contribution is 2.31. The van der Waals surface area contributed by atoms with Crippen molar-refractivity contribution in [3.05, 3.63) is 108 Å². The Hall–Kier alpha value is -3.86. The van der Waals surface area contributed by atoms with E-state index in [1.165, 1.54) is 6.33 Å². The standard InChI is InChI=1S/C24H23N5/c1-17-9-8-14-20(15-17)28-23-21(25)24(27-16-26-23)29-22(18-10-4-2-5-11-18)19-12-6-3-7-13-19/h2-16,22H,25H2,1H3,(H2,26,27,28,29). The topological polar surface area (TPSA) is 75.9 Å². The van der Waals surface area contributed by atoms with Gasteiger partial charge in [0.1, 0.15) is 12.0 Å². The van der Waals surface area contributed by atoms with E-state index < -0.39 is 0 Å². The van der Waals surface area contributed by atoms with Crippen LogP contribution in [-0.2, 0) is 0 Å². The molecule has 144 valence electrons. The molecule has 1 heterocycles. The maximum atomic E-state index is 6.42. The van der Waals surface area contributed by atoms with Crippen LogP contribution in [0.1, 0.15) is 22.7 Å². The Kier molecular flexibility index (Phi) is 5.38. The van der Waals surface area contributed by atoms with Gasteiger partial charge in [-0.25, -0.2) is 9.97 Å². The Bertz CT molecular complexity index is 1040. The Morgan fingerprint density at radius 1 is 0.759 bits per heavy atom. The van der Waals surface area contributed by atoms with Crippen molar-refractivity contribution in [3.63, 3.8) is 0 Å². The van der Waals surface area contributed by atoms with E-state index >= 15 is 0 Å². The maximum absolute atomic E-state index is 6.42. The van der Waals surface area contributed by atoms with E-state index in [2.05, 4.69) is 44.9 Å². The molecule has 0 fully saturated rings. The molecule has 0 radical (unpaired) electrons. The summed E-state index contributed by atoms with van der Waals surface area (Å²) in [5, 5.41) is 6.79. The average molecular weight is 381 g/mol. The van der Waals surface area contributed by atoms with E-state index in [0.29, 0.717) is 17.3 Å². The lowest BCUT2D eigenvalue weighted by Crippen LogP contribution is -2.15. The first-order chi connectivity index (χ1) is 14.2. The summed E-state index contributed by atoms with van der Waals surface area (Å²) in [6.45, 7) is 2.05. The van der Waals surface area contributed by atoms with Crippen molar-refractivity contribution < 1.29 is 0 Å². The van der Waals surface area contributed by atoms with Gasteiger partial charge in [0.2, 0.25) is 0 Å². The predicted molar refractivity (Wildman–Crippen MR) is 119 cm³/mol. The molecule has 5 nitrogen and oxygen atoms in total. The molecule has 0 unspecified atom stereocenters. The van der Waals surface area contributed by atoms with Gasteiger partial charge >= 0.3 is 0 Å². The predicted octanol–water partition coefficient (Wildman–Crippen LogP) is 5.31. The average Bonchev–Trinajstić information content (AvgIpc) is 2.76. The summed E-state index contributed by atoms with van der Waals surface area (Å²) in [5.41, 5.74) is 11.3. The summed E-state index contributed by atoms with van der Waals surface area (Å²) in [7, 11) is 0. The second-order valence-electron chi connectivity index (χ2n) is 6.88. The SMILES string of the molecule is Cc1cccc(Nc2ncnc(NC(c3ccccc3)c3ccccc3)c2N)c1. The fourth-order valence-corrected chi connectivity index (χ4v) is 3.26. The zero-order valence-corrected chi connectivity index (χ0v) is 16.2. The number of nitrogens with two attached hydrogens (primary N) is 1. The highest BCUT2D eigenvalue weighted by molar-refractivity contribution is 5.78. The molecule has 4 aromatic rings. The molecule has 0 spiro atoms. The number of nitrogens with one attached hydrogen (secondary N) is 2. The van der Waals surface area contributed by atoms with E-state index in [9.17, 15) is 0 Å². The number of aromatic nitrogens is 2. The number of benzene rings is 3. The second-order valence-corrected chi connectivity index (χ2v) is 6.88. The monoisotopic (exact) mass is 381 g/mol. The summed E-state index contributed by atoms with van der Waals surface area (Å²) in [6, 6.07) is 28.5. The van der Waals surface area contributed by atoms with Crippen molar-refractivity contribution >= 4 is 23.0 Å². The van der Waals surface area contributed by atoms with Gasteiger partial charge in [-0.1, -0.05) is 72.8 Å². The third-order valence-electron chi connectivity index (χ3n) is 4.71. The summed E-state index contributed by atoms with van der Waals surface area (Å²) in [6.07, 6.45) is 1.52. The molecule has 0 aliphatic rings. The molecule has 4 N–H and O–H groups in total. The molecule has 0 saturated heterocycles. The second kappa shape index (κ2) is 8.44. The fourth-order valence-electron chi connectivity index (χ4n) is 3.26. The van der Waals surface area contributed by atoms with Crippen LogP contribution in [0.4, 0.5) is 23.0 Å². The number of aryl methyl sites for hydroxylation is 1. The molecular formula is C24H23N5. The van der Waals surface area contributed by atoms with E-state index in [-0.39, 0.29) is 6.04 Å². The third-order valence-corrected chi connectivity index (χ3v) is 4.71. The van der Waals surface area contributed by atoms with Gasteiger partial charge in [0, 0.05) is 5.69 Å². The quantitative estimate of drug-likeness (QED) is 0.422. The summed E-state index contributed by atoms with van der Waals surface area (Å²) in [5.74, 6) is 1.17. The normalized spacial score (nSPS) is 10.7. The highest BCUT2D eigenvalue weighted by atomic mass is 15.1. The number of anilines is 4. The van der Waals surface area contributed by atoms with E-state index in [4.69, 9.17) is 5.73 Å². The van der Waals surface area contributed by atoms with Crippen LogP contribution in [-0.4, -0.2) is 9.97 Å². The first-order valence-corrected chi connectivity index (χ1v) is 9.51. The minimum atomic E-state index is -0.0820. The summed E-state index contributed by atoms with van der Waals surface area (Å²) in [4.78, 5) is 8.73. The summed E-state index contributed by atoms with van der Waals surface area (Å²) < 4.78 is 0. The molecule has 0 bridgehead atoms. The Balaban J connectivity index is 1.66. The lowest BCUT2D eigenvalue weighted by Gasteiger charge is -2.22. The molecule has 0 atom stereocenters. The zero-order chi connectivity index (χ0) is 20.1. The molecule has 0 amide bonds. The van der Waals surface area contributed by atoms with Crippen molar-refractivity contribution in [1.82, 2.24) is 9.97 Å².